The highest BCUT2D eigenvalue weighted by Gasteiger charge is 2.15. The van der Waals surface area contributed by atoms with Crippen LogP contribution in [0.3, 0.4) is 0 Å². The van der Waals surface area contributed by atoms with E-state index in [0.717, 1.165) is 33.8 Å². The van der Waals surface area contributed by atoms with Gasteiger partial charge in [0.1, 0.15) is 18.1 Å². The first kappa shape index (κ1) is 19.3. The van der Waals surface area contributed by atoms with E-state index < -0.39 is 10.8 Å². The first-order valence-corrected chi connectivity index (χ1v) is 10.0. The van der Waals surface area contributed by atoms with Gasteiger partial charge in [0.15, 0.2) is 5.16 Å². The fourth-order valence-electron chi connectivity index (χ4n) is 2.61. The number of imidazole rings is 1. The monoisotopic (exact) mass is 389 g/mol. The van der Waals surface area contributed by atoms with Crippen LogP contribution < -0.4 is 9.47 Å². The normalized spacial score (nSPS) is 12.3. The fourth-order valence-corrected chi connectivity index (χ4v) is 3.71. The molecule has 3 aromatic rings. The van der Waals surface area contributed by atoms with Crippen LogP contribution in [0.1, 0.15) is 18.2 Å². The maximum Gasteiger partial charge on any atom is 0.197 e. The van der Waals surface area contributed by atoms with Gasteiger partial charge in [0.25, 0.3) is 0 Å². The van der Waals surface area contributed by atoms with Crippen LogP contribution in [0.5, 0.6) is 11.5 Å². The van der Waals surface area contributed by atoms with E-state index in [-0.39, 0.29) is 5.75 Å². The standard InChI is InChI=1S/C19H23N3O4S/c1-4-25-9-10-26-18-7-8-20-17(13(18)2)12-27(23)19-21-15-6-5-14(24-3)11-16(15)22-19/h5-8,11H,4,9-10,12H2,1-3H3,(H,21,22). The molecular formula is C19H23N3O4S. The number of aromatic amines is 1. The summed E-state index contributed by atoms with van der Waals surface area (Å²) in [6.07, 6.45) is 1.67. The van der Waals surface area contributed by atoms with E-state index in [1.807, 2.05) is 32.0 Å². The number of pyridine rings is 1. The summed E-state index contributed by atoms with van der Waals surface area (Å²) in [5, 5.41) is 0.419. The van der Waals surface area contributed by atoms with Gasteiger partial charge in [0.2, 0.25) is 0 Å². The lowest BCUT2D eigenvalue weighted by Gasteiger charge is -2.11. The minimum absolute atomic E-state index is 0.255. The van der Waals surface area contributed by atoms with E-state index in [4.69, 9.17) is 14.2 Å². The average molecular weight is 389 g/mol. The molecule has 0 radical (unpaired) electrons. The lowest BCUT2D eigenvalue weighted by atomic mass is 10.2. The first-order valence-electron chi connectivity index (χ1n) is 8.69. The zero-order valence-corrected chi connectivity index (χ0v) is 16.5. The second-order valence-electron chi connectivity index (χ2n) is 5.84. The highest BCUT2D eigenvalue weighted by atomic mass is 32.2. The lowest BCUT2D eigenvalue weighted by Crippen LogP contribution is -2.09. The summed E-state index contributed by atoms with van der Waals surface area (Å²) in [6, 6.07) is 7.30. The molecule has 0 amide bonds. The van der Waals surface area contributed by atoms with Crippen molar-refractivity contribution in [2.75, 3.05) is 26.9 Å². The van der Waals surface area contributed by atoms with Gasteiger partial charge >= 0.3 is 0 Å². The third kappa shape index (κ3) is 4.64. The molecule has 1 N–H and O–H groups in total. The number of rotatable bonds is 9. The van der Waals surface area contributed by atoms with E-state index in [0.29, 0.717) is 25.0 Å². The fraction of sp³-hybridized carbons (Fsp3) is 0.368. The predicted molar refractivity (Wildman–Crippen MR) is 104 cm³/mol. The molecule has 0 aliphatic carbocycles. The Hall–Kier alpha value is -2.45. The molecule has 7 nitrogen and oxygen atoms in total. The number of nitrogens with one attached hydrogen (secondary N) is 1. The highest BCUT2D eigenvalue weighted by Crippen LogP contribution is 2.23. The summed E-state index contributed by atoms with van der Waals surface area (Å²) in [5.41, 5.74) is 3.13. The topological polar surface area (TPSA) is 86.3 Å². The van der Waals surface area contributed by atoms with Gasteiger partial charge < -0.3 is 19.2 Å². The molecule has 0 aliphatic heterocycles. The van der Waals surface area contributed by atoms with Gasteiger partial charge in [-0.2, -0.15) is 0 Å². The first-order chi connectivity index (χ1) is 13.1. The zero-order chi connectivity index (χ0) is 19.2. The molecule has 1 unspecified atom stereocenters. The van der Waals surface area contributed by atoms with Gasteiger partial charge in [-0.15, -0.1) is 0 Å². The highest BCUT2D eigenvalue weighted by molar-refractivity contribution is 7.84. The van der Waals surface area contributed by atoms with Crippen LogP contribution in [-0.2, 0) is 21.3 Å². The van der Waals surface area contributed by atoms with Gasteiger partial charge in [-0.25, -0.2) is 4.98 Å². The number of nitrogens with zero attached hydrogens (tertiary/aromatic N) is 2. The van der Waals surface area contributed by atoms with Crippen LogP contribution in [0.15, 0.2) is 35.6 Å². The van der Waals surface area contributed by atoms with Crippen molar-refractivity contribution in [3.8, 4) is 11.5 Å². The summed E-state index contributed by atoms with van der Waals surface area (Å²) in [7, 11) is 0.253. The molecule has 1 atom stereocenters. The number of hydrogen-bond acceptors (Lipinski definition) is 6. The third-order valence-electron chi connectivity index (χ3n) is 4.10. The largest absolute Gasteiger partial charge is 0.497 e. The van der Waals surface area contributed by atoms with Gasteiger partial charge in [-0.1, -0.05) is 0 Å². The zero-order valence-electron chi connectivity index (χ0n) is 15.7. The van der Waals surface area contributed by atoms with Crippen molar-refractivity contribution in [3.05, 3.63) is 41.7 Å². The summed E-state index contributed by atoms with van der Waals surface area (Å²) in [6.45, 7) is 5.51. The third-order valence-corrected chi connectivity index (χ3v) is 5.26. The van der Waals surface area contributed by atoms with Crippen molar-refractivity contribution in [1.82, 2.24) is 15.0 Å². The molecule has 0 aliphatic rings. The van der Waals surface area contributed by atoms with Gasteiger partial charge in [-0.3, -0.25) is 9.19 Å². The Bertz CT molecular complexity index is 942. The van der Waals surface area contributed by atoms with Crippen LogP contribution in [0.2, 0.25) is 0 Å². The van der Waals surface area contributed by atoms with Gasteiger partial charge in [-0.05, 0) is 32.0 Å². The molecule has 0 spiro atoms. The Labute approximate surface area is 160 Å². The number of methoxy groups -OCH3 is 1. The Kier molecular flexibility index (Phi) is 6.41. The summed E-state index contributed by atoms with van der Waals surface area (Å²) >= 11 is 0. The lowest BCUT2D eigenvalue weighted by molar-refractivity contribution is 0.110. The minimum atomic E-state index is -1.35. The number of benzene rings is 1. The molecule has 8 heteroatoms. The van der Waals surface area contributed by atoms with Crippen molar-refractivity contribution in [2.45, 2.75) is 24.8 Å². The molecular weight excluding hydrogens is 366 g/mol. The molecule has 1 aromatic carbocycles. The second-order valence-corrected chi connectivity index (χ2v) is 7.21. The van der Waals surface area contributed by atoms with Crippen molar-refractivity contribution in [1.29, 1.82) is 0 Å². The molecule has 0 saturated carbocycles. The smallest absolute Gasteiger partial charge is 0.197 e. The van der Waals surface area contributed by atoms with Crippen LogP contribution in [-0.4, -0.2) is 46.1 Å². The number of hydrogen-bond donors (Lipinski definition) is 1. The molecule has 27 heavy (non-hydrogen) atoms. The average Bonchev–Trinajstić information content (AvgIpc) is 3.11. The minimum Gasteiger partial charge on any atom is -0.497 e. The Balaban J connectivity index is 1.73. The molecule has 0 fully saturated rings. The molecule has 2 heterocycles. The van der Waals surface area contributed by atoms with E-state index in [1.165, 1.54) is 0 Å². The molecule has 3 rings (SSSR count). The SMILES string of the molecule is CCOCCOc1ccnc(CS(=O)c2nc3ccc(OC)cc3[nH]2)c1C. The van der Waals surface area contributed by atoms with Crippen LogP contribution >= 0.6 is 0 Å². The van der Waals surface area contributed by atoms with E-state index in [2.05, 4.69) is 15.0 Å². The predicted octanol–water partition coefficient (Wildman–Crippen LogP) is 3.00. The van der Waals surface area contributed by atoms with Gasteiger partial charge in [0.05, 0.1) is 47.0 Å². The van der Waals surface area contributed by atoms with Crippen LogP contribution in [0, 0.1) is 6.92 Å². The van der Waals surface area contributed by atoms with Crippen molar-refractivity contribution in [3.63, 3.8) is 0 Å². The Morgan fingerprint density at radius 1 is 1.22 bits per heavy atom. The number of aromatic nitrogens is 3. The summed E-state index contributed by atoms with van der Waals surface area (Å²) in [5.74, 6) is 1.70. The van der Waals surface area contributed by atoms with Crippen molar-refractivity contribution < 1.29 is 18.4 Å². The second kappa shape index (κ2) is 8.96. The Morgan fingerprint density at radius 3 is 2.85 bits per heavy atom. The quantitative estimate of drug-likeness (QED) is 0.566. The van der Waals surface area contributed by atoms with Crippen LogP contribution in [0.25, 0.3) is 11.0 Å². The van der Waals surface area contributed by atoms with Crippen molar-refractivity contribution >= 4 is 21.8 Å². The molecule has 144 valence electrons. The summed E-state index contributed by atoms with van der Waals surface area (Å²) < 4.78 is 29.0. The molecule has 2 aromatic heterocycles. The molecule has 0 bridgehead atoms. The van der Waals surface area contributed by atoms with E-state index in [9.17, 15) is 4.21 Å². The molecule has 0 saturated heterocycles. The Morgan fingerprint density at radius 2 is 2.07 bits per heavy atom. The van der Waals surface area contributed by atoms with E-state index >= 15 is 0 Å². The van der Waals surface area contributed by atoms with Gasteiger partial charge in [0, 0.05) is 24.4 Å². The summed E-state index contributed by atoms with van der Waals surface area (Å²) in [4.78, 5) is 11.9. The van der Waals surface area contributed by atoms with Crippen molar-refractivity contribution in [2.24, 2.45) is 0 Å². The van der Waals surface area contributed by atoms with E-state index in [1.54, 1.807) is 19.4 Å². The number of H-pyrrole nitrogens is 1. The maximum atomic E-state index is 12.8. The number of ether oxygens (including phenoxy) is 3. The maximum absolute atomic E-state index is 12.8. The number of fused-ring (bicyclic) bond motifs is 1. The van der Waals surface area contributed by atoms with Crippen LogP contribution in [0.4, 0.5) is 0 Å².